The Hall–Kier alpha value is -3.86. The van der Waals surface area contributed by atoms with E-state index in [0.29, 0.717) is 18.8 Å². The highest BCUT2D eigenvalue weighted by Crippen LogP contribution is 2.38. The number of ether oxygens (including phenoxy) is 1. The molecule has 4 aromatic rings. The van der Waals surface area contributed by atoms with Crippen molar-refractivity contribution in [3.8, 4) is 11.5 Å². The summed E-state index contributed by atoms with van der Waals surface area (Å²) < 4.78 is 6.04. The van der Waals surface area contributed by atoms with Crippen LogP contribution in [0.1, 0.15) is 28.6 Å². The number of nitrogens with zero attached hydrogens (tertiary/aromatic N) is 6. The molecule has 1 amide bonds. The first-order chi connectivity index (χ1) is 20.5. The number of rotatable bonds is 8. The van der Waals surface area contributed by atoms with Gasteiger partial charge in [-0.2, -0.15) is 0 Å². The van der Waals surface area contributed by atoms with Crippen molar-refractivity contribution >= 4 is 39.0 Å². The van der Waals surface area contributed by atoms with Gasteiger partial charge in [0.1, 0.15) is 28.5 Å². The Balaban J connectivity index is 1.12. The standard InChI is InChI=1S/C32H37N7O2S/c1-4-37-14-16-38(17-15-37)12-5-6-29(40)39-13-11-26-28(20-39)42-32-30(26)31(34-21-35-32)36-24-8-10-27(22(2)18-24)41-25-9-7-23(3)33-19-25/h5-10,18-19,21H,4,11-17,20H2,1-3H3,(H,34,35,36)/b6-5+. The van der Waals surface area contributed by atoms with Gasteiger partial charge in [0, 0.05) is 61.6 Å². The summed E-state index contributed by atoms with van der Waals surface area (Å²) >= 11 is 1.65. The van der Waals surface area contributed by atoms with Crippen molar-refractivity contribution in [2.45, 2.75) is 33.7 Å². The van der Waals surface area contributed by atoms with Crippen molar-refractivity contribution in [1.82, 2.24) is 29.7 Å². The van der Waals surface area contributed by atoms with E-state index in [4.69, 9.17) is 4.74 Å². The van der Waals surface area contributed by atoms with E-state index < -0.39 is 0 Å². The van der Waals surface area contributed by atoms with E-state index in [-0.39, 0.29) is 5.91 Å². The second-order valence-electron chi connectivity index (χ2n) is 10.9. The summed E-state index contributed by atoms with van der Waals surface area (Å²) in [5.41, 5.74) is 4.12. The van der Waals surface area contributed by atoms with E-state index in [9.17, 15) is 4.79 Å². The van der Waals surface area contributed by atoms with Crippen molar-refractivity contribution < 1.29 is 9.53 Å². The predicted octanol–water partition coefficient (Wildman–Crippen LogP) is 5.32. The van der Waals surface area contributed by atoms with E-state index >= 15 is 0 Å². The van der Waals surface area contributed by atoms with Crippen LogP contribution in [-0.2, 0) is 17.8 Å². The molecule has 0 atom stereocenters. The van der Waals surface area contributed by atoms with Gasteiger partial charge in [-0.25, -0.2) is 9.97 Å². The van der Waals surface area contributed by atoms with Crippen molar-refractivity contribution in [2.24, 2.45) is 0 Å². The molecule has 1 saturated heterocycles. The molecule has 0 radical (unpaired) electrons. The molecular formula is C32H37N7O2S. The lowest BCUT2D eigenvalue weighted by molar-refractivity contribution is -0.126. The van der Waals surface area contributed by atoms with Gasteiger partial charge in [0.05, 0.1) is 18.1 Å². The van der Waals surface area contributed by atoms with Gasteiger partial charge in [0.25, 0.3) is 0 Å². The van der Waals surface area contributed by atoms with Crippen LogP contribution in [0, 0.1) is 13.8 Å². The molecule has 42 heavy (non-hydrogen) atoms. The number of aryl methyl sites for hydroxylation is 2. The van der Waals surface area contributed by atoms with Crippen LogP contribution >= 0.6 is 11.3 Å². The second kappa shape index (κ2) is 12.6. The van der Waals surface area contributed by atoms with Gasteiger partial charge in [-0.15, -0.1) is 11.3 Å². The van der Waals surface area contributed by atoms with Crippen LogP contribution in [0.4, 0.5) is 11.5 Å². The molecule has 0 spiro atoms. The van der Waals surface area contributed by atoms with Gasteiger partial charge in [0.15, 0.2) is 0 Å². The van der Waals surface area contributed by atoms with Crippen LogP contribution in [0.2, 0.25) is 0 Å². The number of thiophene rings is 1. The lowest BCUT2D eigenvalue weighted by atomic mass is 10.0. The number of anilines is 2. The number of aromatic nitrogens is 3. The first-order valence-corrected chi connectivity index (χ1v) is 15.4. The highest BCUT2D eigenvalue weighted by Gasteiger charge is 2.26. The minimum Gasteiger partial charge on any atom is -0.455 e. The number of pyridine rings is 1. The van der Waals surface area contributed by atoms with Crippen LogP contribution in [0.5, 0.6) is 11.5 Å². The van der Waals surface area contributed by atoms with E-state index in [0.717, 1.165) is 84.4 Å². The number of carbonyl (C=O) groups excluding carboxylic acids is 1. The minimum atomic E-state index is 0.0777. The van der Waals surface area contributed by atoms with Gasteiger partial charge >= 0.3 is 0 Å². The Labute approximate surface area is 250 Å². The molecule has 2 aliphatic rings. The normalized spacial score (nSPS) is 16.2. The summed E-state index contributed by atoms with van der Waals surface area (Å²) in [7, 11) is 0. The van der Waals surface area contributed by atoms with Crippen molar-refractivity contribution in [3.63, 3.8) is 0 Å². The third-order valence-corrected chi connectivity index (χ3v) is 9.16. The fourth-order valence-corrected chi connectivity index (χ4v) is 6.73. The number of piperazine rings is 1. The van der Waals surface area contributed by atoms with Crippen LogP contribution < -0.4 is 10.1 Å². The first-order valence-electron chi connectivity index (χ1n) is 14.6. The fourth-order valence-electron chi connectivity index (χ4n) is 5.53. The van der Waals surface area contributed by atoms with Crippen molar-refractivity contribution in [3.05, 3.63) is 76.7 Å². The molecule has 218 valence electrons. The molecule has 5 heterocycles. The summed E-state index contributed by atoms with van der Waals surface area (Å²) in [5.74, 6) is 2.36. The van der Waals surface area contributed by atoms with E-state index in [1.54, 1.807) is 29.9 Å². The van der Waals surface area contributed by atoms with Crippen molar-refractivity contribution in [1.29, 1.82) is 0 Å². The average Bonchev–Trinajstić information content (AvgIpc) is 3.39. The molecular weight excluding hydrogens is 546 g/mol. The van der Waals surface area contributed by atoms with Crippen LogP contribution in [0.3, 0.4) is 0 Å². The lowest BCUT2D eigenvalue weighted by Crippen LogP contribution is -2.46. The summed E-state index contributed by atoms with van der Waals surface area (Å²) in [6, 6.07) is 9.87. The van der Waals surface area contributed by atoms with Gasteiger partial charge in [0.2, 0.25) is 5.91 Å². The third-order valence-electron chi connectivity index (χ3n) is 8.03. The number of benzene rings is 1. The monoisotopic (exact) mass is 583 g/mol. The molecule has 0 aliphatic carbocycles. The number of nitrogens with one attached hydrogen (secondary N) is 1. The Morgan fingerprint density at radius 3 is 2.64 bits per heavy atom. The zero-order chi connectivity index (χ0) is 29.1. The zero-order valence-electron chi connectivity index (χ0n) is 24.5. The fraction of sp³-hybridized carbons (Fsp3) is 0.375. The van der Waals surface area contributed by atoms with Crippen LogP contribution in [-0.4, -0.2) is 81.4 Å². The van der Waals surface area contributed by atoms with Crippen LogP contribution in [0.15, 0.2) is 55.0 Å². The van der Waals surface area contributed by atoms with Gasteiger partial charge in [-0.3, -0.25) is 14.7 Å². The molecule has 0 saturated carbocycles. The molecule has 6 rings (SSSR count). The van der Waals surface area contributed by atoms with E-state index in [2.05, 4.69) is 43.1 Å². The van der Waals surface area contributed by atoms with Gasteiger partial charge in [-0.1, -0.05) is 13.0 Å². The molecule has 10 heteroatoms. The largest absolute Gasteiger partial charge is 0.455 e. The van der Waals surface area contributed by atoms with Gasteiger partial charge in [-0.05, 0) is 68.3 Å². The summed E-state index contributed by atoms with van der Waals surface area (Å²) in [5, 5.41) is 4.56. The third kappa shape index (κ3) is 6.30. The summed E-state index contributed by atoms with van der Waals surface area (Å²) in [4.78, 5) is 35.4. The molecule has 2 aliphatic heterocycles. The maximum Gasteiger partial charge on any atom is 0.246 e. The first kappa shape index (κ1) is 28.3. The number of hydrogen-bond donors (Lipinski definition) is 1. The molecule has 1 N–H and O–H groups in total. The summed E-state index contributed by atoms with van der Waals surface area (Å²) in [6.07, 6.45) is 7.90. The predicted molar refractivity (Wildman–Crippen MR) is 168 cm³/mol. The molecule has 3 aromatic heterocycles. The number of fused-ring (bicyclic) bond motifs is 3. The molecule has 0 bridgehead atoms. The number of amides is 1. The Morgan fingerprint density at radius 2 is 1.88 bits per heavy atom. The number of carbonyl (C=O) groups is 1. The number of likely N-dealkylation sites (N-methyl/N-ethyl adjacent to an activating group) is 1. The zero-order valence-corrected chi connectivity index (χ0v) is 25.3. The van der Waals surface area contributed by atoms with Crippen LogP contribution in [0.25, 0.3) is 10.2 Å². The maximum atomic E-state index is 13.0. The number of hydrogen-bond acceptors (Lipinski definition) is 9. The molecule has 0 unspecified atom stereocenters. The Kier molecular flexibility index (Phi) is 8.46. The lowest BCUT2D eigenvalue weighted by Gasteiger charge is -2.33. The Bertz CT molecular complexity index is 1590. The summed E-state index contributed by atoms with van der Waals surface area (Å²) in [6.45, 7) is 13.7. The average molecular weight is 584 g/mol. The maximum absolute atomic E-state index is 13.0. The second-order valence-corrected chi connectivity index (χ2v) is 12.0. The topological polar surface area (TPSA) is 86.7 Å². The molecule has 9 nitrogen and oxygen atoms in total. The highest BCUT2D eigenvalue weighted by atomic mass is 32.1. The van der Waals surface area contributed by atoms with E-state index in [1.807, 2.05) is 49.1 Å². The van der Waals surface area contributed by atoms with Gasteiger partial charge < -0.3 is 19.9 Å². The highest BCUT2D eigenvalue weighted by molar-refractivity contribution is 7.19. The molecule has 1 aromatic carbocycles. The molecule has 1 fully saturated rings. The SMILES string of the molecule is CCN1CCN(C/C=C/C(=O)N2CCc3c(sc4ncnc(Nc5ccc(Oc6ccc(C)nc6)c(C)c5)c34)C2)CC1. The van der Waals surface area contributed by atoms with E-state index in [1.165, 1.54) is 10.4 Å². The van der Waals surface area contributed by atoms with Crippen molar-refractivity contribution in [2.75, 3.05) is 51.1 Å². The smallest absolute Gasteiger partial charge is 0.246 e. The Morgan fingerprint density at radius 1 is 1.05 bits per heavy atom. The quantitative estimate of drug-likeness (QED) is 0.279. The minimum absolute atomic E-state index is 0.0777.